The molecule has 0 unspecified atom stereocenters. The van der Waals surface area contributed by atoms with Gasteiger partial charge < -0.3 is 20.3 Å². The Labute approximate surface area is 186 Å². The van der Waals surface area contributed by atoms with E-state index in [1.54, 1.807) is 0 Å². The van der Waals surface area contributed by atoms with Gasteiger partial charge in [0, 0.05) is 32.3 Å². The van der Waals surface area contributed by atoms with Gasteiger partial charge in [0.05, 0.1) is 11.9 Å². The molecule has 3 aromatic rings. The first-order chi connectivity index (χ1) is 15.8. The number of rotatable bonds is 5. The van der Waals surface area contributed by atoms with Crippen LogP contribution in [0.15, 0.2) is 36.5 Å². The molecular formula is C21H20F3N7O2. The van der Waals surface area contributed by atoms with Crippen molar-refractivity contribution in [3.05, 3.63) is 47.8 Å². The molecule has 0 atom stereocenters. The molecule has 1 aliphatic rings. The second kappa shape index (κ2) is 9.36. The van der Waals surface area contributed by atoms with Crippen LogP contribution in [0.3, 0.4) is 0 Å². The van der Waals surface area contributed by atoms with Crippen LogP contribution in [-0.2, 0) is 4.79 Å². The summed E-state index contributed by atoms with van der Waals surface area (Å²) in [5.41, 5.74) is 2.09. The number of amides is 1. The number of nitrogens with one attached hydrogen (secondary N) is 2. The summed E-state index contributed by atoms with van der Waals surface area (Å²) in [6, 6.07) is 5.13. The van der Waals surface area contributed by atoms with Crippen molar-refractivity contribution in [1.82, 2.24) is 25.3 Å². The van der Waals surface area contributed by atoms with E-state index in [4.69, 9.17) is 0 Å². The van der Waals surface area contributed by atoms with E-state index in [0.717, 1.165) is 38.3 Å². The van der Waals surface area contributed by atoms with E-state index in [-0.39, 0.29) is 11.6 Å². The molecular weight excluding hydrogens is 439 g/mol. The first-order valence-electron chi connectivity index (χ1n) is 10.1. The second-order valence-corrected chi connectivity index (χ2v) is 7.21. The second-order valence-electron chi connectivity index (χ2n) is 7.21. The lowest BCUT2D eigenvalue weighted by atomic mass is 10.2. The van der Waals surface area contributed by atoms with Crippen LogP contribution in [0, 0.1) is 6.92 Å². The van der Waals surface area contributed by atoms with E-state index in [1.165, 1.54) is 30.5 Å². The molecule has 1 aromatic carbocycles. The first kappa shape index (κ1) is 22.4. The number of carbonyl (C=O) groups is 1. The number of ether oxygens (including phenoxy) is 1. The number of benzene rings is 1. The average molecular weight is 459 g/mol. The van der Waals surface area contributed by atoms with Crippen LogP contribution in [0.1, 0.15) is 11.3 Å². The van der Waals surface area contributed by atoms with Crippen molar-refractivity contribution in [3.8, 4) is 5.75 Å². The summed E-state index contributed by atoms with van der Waals surface area (Å²) < 4.78 is 40.5. The lowest BCUT2D eigenvalue weighted by molar-refractivity contribution is -0.274. The Hall–Kier alpha value is -3.80. The molecule has 0 bridgehead atoms. The molecule has 0 spiro atoms. The van der Waals surface area contributed by atoms with Crippen molar-refractivity contribution in [2.45, 2.75) is 13.3 Å². The normalized spacial score (nSPS) is 14.6. The third kappa shape index (κ3) is 5.92. The minimum atomic E-state index is -4.76. The highest BCUT2D eigenvalue weighted by molar-refractivity contribution is 6.01. The molecule has 2 aromatic heterocycles. The van der Waals surface area contributed by atoms with Crippen LogP contribution < -0.4 is 20.3 Å². The maximum absolute atomic E-state index is 12.2. The fraction of sp³-hybridized carbons (Fsp3) is 0.286. The lowest BCUT2D eigenvalue weighted by Crippen LogP contribution is -2.44. The summed E-state index contributed by atoms with van der Waals surface area (Å²) >= 11 is 0. The summed E-state index contributed by atoms with van der Waals surface area (Å²) in [6.45, 7) is 5.13. The Morgan fingerprint density at radius 2 is 1.88 bits per heavy atom. The number of piperazine rings is 1. The number of alkyl halides is 3. The molecule has 1 saturated heterocycles. The Morgan fingerprint density at radius 3 is 2.58 bits per heavy atom. The SMILES string of the molecule is Cc1nc(N2CCNCC2)nc2ncc(NC(=O)/C=C/c3ccc(OC(F)(F)F)cc3)nc12. The largest absolute Gasteiger partial charge is 0.573 e. The zero-order chi connectivity index (χ0) is 23.4. The number of carbonyl (C=O) groups excluding carboxylic acids is 1. The Bertz CT molecular complexity index is 1180. The molecule has 3 heterocycles. The number of nitrogens with zero attached hydrogens (tertiary/aromatic N) is 5. The molecule has 1 fully saturated rings. The standard InChI is InChI=1S/C21H20F3N7O2/c1-13-18-19(30-20(27-13)31-10-8-25-9-11-31)26-12-16(29-18)28-17(32)7-4-14-2-5-15(6-3-14)33-21(22,23)24/h2-7,12,25H,8-11H2,1H3,(H,28,29,32)/b7-4+. The van der Waals surface area contributed by atoms with Crippen molar-refractivity contribution in [2.75, 3.05) is 36.4 Å². The van der Waals surface area contributed by atoms with Crippen molar-refractivity contribution in [1.29, 1.82) is 0 Å². The van der Waals surface area contributed by atoms with Crippen LogP contribution in [0.2, 0.25) is 0 Å². The zero-order valence-electron chi connectivity index (χ0n) is 17.6. The maximum atomic E-state index is 12.2. The third-order valence-electron chi connectivity index (χ3n) is 4.76. The molecule has 12 heteroatoms. The quantitative estimate of drug-likeness (QED) is 0.562. The minimum Gasteiger partial charge on any atom is -0.406 e. The van der Waals surface area contributed by atoms with E-state index in [9.17, 15) is 18.0 Å². The highest BCUT2D eigenvalue weighted by atomic mass is 19.4. The summed E-state index contributed by atoms with van der Waals surface area (Å²) in [4.78, 5) is 32.0. The molecule has 1 aliphatic heterocycles. The fourth-order valence-electron chi connectivity index (χ4n) is 3.22. The molecule has 0 aliphatic carbocycles. The van der Waals surface area contributed by atoms with Crippen LogP contribution in [-0.4, -0.2) is 58.4 Å². The van der Waals surface area contributed by atoms with Gasteiger partial charge in [0.1, 0.15) is 11.3 Å². The first-order valence-corrected chi connectivity index (χ1v) is 10.1. The molecule has 9 nitrogen and oxygen atoms in total. The van der Waals surface area contributed by atoms with Gasteiger partial charge >= 0.3 is 6.36 Å². The minimum absolute atomic E-state index is 0.229. The predicted molar refractivity (Wildman–Crippen MR) is 116 cm³/mol. The van der Waals surface area contributed by atoms with Crippen LogP contribution in [0.5, 0.6) is 5.75 Å². The molecule has 33 heavy (non-hydrogen) atoms. The summed E-state index contributed by atoms with van der Waals surface area (Å²) in [5, 5.41) is 5.88. The van der Waals surface area contributed by atoms with Crippen LogP contribution in [0.4, 0.5) is 24.9 Å². The van der Waals surface area contributed by atoms with Gasteiger partial charge in [-0.1, -0.05) is 12.1 Å². The smallest absolute Gasteiger partial charge is 0.406 e. The third-order valence-corrected chi connectivity index (χ3v) is 4.76. The summed E-state index contributed by atoms with van der Waals surface area (Å²) in [7, 11) is 0. The molecule has 172 valence electrons. The number of anilines is 2. The Morgan fingerprint density at radius 1 is 1.15 bits per heavy atom. The molecule has 4 rings (SSSR count). The monoisotopic (exact) mass is 459 g/mol. The van der Waals surface area contributed by atoms with Gasteiger partial charge in [-0.15, -0.1) is 13.2 Å². The topological polar surface area (TPSA) is 105 Å². The van der Waals surface area contributed by atoms with E-state index in [0.29, 0.717) is 28.4 Å². The molecule has 0 radical (unpaired) electrons. The van der Waals surface area contributed by atoms with Crippen molar-refractivity contribution in [3.63, 3.8) is 0 Å². The number of aryl methyl sites for hydroxylation is 1. The van der Waals surface area contributed by atoms with Gasteiger partial charge in [0.2, 0.25) is 11.9 Å². The van der Waals surface area contributed by atoms with E-state index >= 15 is 0 Å². The number of hydrogen-bond acceptors (Lipinski definition) is 8. The zero-order valence-corrected chi connectivity index (χ0v) is 17.6. The predicted octanol–water partition coefficient (Wildman–Crippen LogP) is 2.69. The number of halogens is 3. The van der Waals surface area contributed by atoms with E-state index < -0.39 is 12.3 Å². The van der Waals surface area contributed by atoms with Crippen molar-refractivity contribution < 1.29 is 22.7 Å². The Balaban J connectivity index is 1.42. The fourth-order valence-corrected chi connectivity index (χ4v) is 3.22. The summed E-state index contributed by atoms with van der Waals surface area (Å²) in [6.07, 6.45) is -0.656. The highest BCUT2D eigenvalue weighted by Crippen LogP contribution is 2.23. The number of aromatic nitrogens is 4. The van der Waals surface area contributed by atoms with Crippen molar-refractivity contribution in [2.24, 2.45) is 0 Å². The van der Waals surface area contributed by atoms with Crippen LogP contribution >= 0.6 is 0 Å². The maximum Gasteiger partial charge on any atom is 0.573 e. The molecule has 0 saturated carbocycles. The Kier molecular flexibility index (Phi) is 6.36. The molecule has 2 N–H and O–H groups in total. The van der Waals surface area contributed by atoms with Gasteiger partial charge in [-0.05, 0) is 30.7 Å². The lowest BCUT2D eigenvalue weighted by Gasteiger charge is -2.27. The van der Waals surface area contributed by atoms with Gasteiger partial charge in [0.15, 0.2) is 11.5 Å². The number of hydrogen-bond donors (Lipinski definition) is 2. The molecule has 1 amide bonds. The number of fused-ring (bicyclic) bond motifs is 1. The van der Waals surface area contributed by atoms with Gasteiger partial charge in [-0.2, -0.15) is 4.98 Å². The average Bonchev–Trinajstić information content (AvgIpc) is 2.78. The van der Waals surface area contributed by atoms with Crippen LogP contribution in [0.25, 0.3) is 17.2 Å². The van der Waals surface area contributed by atoms with E-state index in [1.807, 2.05) is 6.92 Å². The highest BCUT2D eigenvalue weighted by Gasteiger charge is 2.30. The van der Waals surface area contributed by atoms with Gasteiger partial charge in [0.25, 0.3) is 0 Å². The summed E-state index contributed by atoms with van der Waals surface area (Å²) in [5.74, 6) is 0.0124. The van der Waals surface area contributed by atoms with Gasteiger partial charge in [-0.25, -0.2) is 15.0 Å². The van der Waals surface area contributed by atoms with Crippen molar-refractivity contribution >= 4 is 34.9 Å². The van der Waals surface area contributed by atoms with Gasteiger partial charge in [-0.3, -0.25) is 4.79 Å². The van der Waals surface area contributed by atoms with E-state index in [2.05, 4.69) is 40.2 Å².